The van der Waals surface area contributed by atoms with Gasteiger partial charge in [-0.15, -0.1) is 0 Å². The Hall–Kier alpha value is -3.82. The first-order valence-corrected chi connectivity index (χ1v) is 15.7. The largest absolute Gasteiger partial charge is 0.480 e. The molecule has 15 heteroatoms. The van der Waals surface area contributed by atoms with Crippen molar-refractivity contribution in [1.82, 2.24) is 20.9 Å². The van der Waals surface area contributed by atoms with Crippen LogP contribution in [-0.4, -0.2) is 89.0 Å². The first-order valence-electron chi connectivity index (χ1n) is 14.3. The van der Waals surface area contributed by atoms with Crippen molar-refractivity contribution in [2.45, 2.75) is 69.1 Å². The molecule has 0 aliphatic carbocycles. The van der Waals surface area contributed by atoms with Gasteiger partial charge in [-0.05, 0) is 75.1 Å². The van der Waals surface area contributed by atoms with Crippen LogP contribution in [0.15, 0.2) is 35.5 Å². The van der Waals surface area contributed by atoms with Gasteiger partial charge in [0.15, 0.2) is 5.96 Å². The lowest BCUT2D eigenvalue weighted by Gasteiger charge is -2.25. The molecule has 3 amide bonds. The predicted molar refractivity (Wildman–Crippen MR) is 169 cm³/mol. The molecule has 0 bridgehead atoms. The fourth-order valence-corrected chi connectivity index (χ4v) is 4.95. The fourth-order valence-electron chi connectivity index (χ4n) is 4.48. The van der Waals surface area contributed by atoms with Gasteiger partial charge in [-0.2, -0.15) is 11.8 Å². The van der Waals surface area contributed by atoms with Crippen LogP contribution >= 0.6 is 11.8 Å². The molecule has 1 aromatic carbocycles. The number of aliphatic imine (C=N–C) groups is 1. The van der Waals surface area contributed by atoms with Gasteiger partial charge < -0.3 is 49.0 Å². The number of carbonyl (C=O) groups is 4. The minimum Gasteiger partial charge on any atom is -0.480 e. The Morgan fingerprint density at radius 1 is 0.930 bits per heavy atom. The average molecular weight is 620 g/mol. The number of fused-ring (bicyclic) bond motifs is 1. The number of carboxylic acid groups (broad SMARTS) is 1. The normalized spacial score (nSPS) is 13.8. The van der Waals surface area contributed by atoms with E-state index in [0.29, 0.717) is 31.6 Å². The van der Waals surface area contributed by atoms with Crippen molar-refractivity contribution in [1.29, 1.82) is 0 Å². The number of nitrogens with zero attached hydrogens (tertiary/aromatic N) is 1. The summed E-state index contributed by atoms with van der Waals surface area (Å²) in [7, 11) is 0. The van der Waals surface area contributed by atoms with Crippen LogP contribution in [0.4, 0.5) is 0 Å². The maximum atomic E-state index is 13.5. The van der Waals surface area contributed by atoms with E-state index in [1.807, 2.05) is 30.5 Å². The van der Waals surface area contributed by atoms with Gasteiger partial charge in [0, 0.05) is 23.6 Å². The van der Waals surface area contributed by atoms with E-state index in [9.17, 15) is 24.3 Å². The summed E-state index contributed by atoms with van der Waals surface area (Å²) in [6.45, 7) is 0.636. The number of aromatic amines is 1. The molecule has 0 aliphatic rings. The molecule has 1 heterocycles. The number of aliphatic carboxylic acids is 1. The van der Waals surface area contributed by atoms with Crippen LogP contribution < -0.4 is 38.9 Å². The molecule has 43 heavy (non-hydrogen) atoms. The number of carbonyl (C=O) groups excluding carboxylic acids is 3. The molecule has 4 atom stereocenters. The fraction of sp³-hybridized carbons (Fsp3) is 0.536. The average Bonchev–Trinajstić information content (AvgIpc) is 3.38. The number of para-hydroxylation sites is 1. The van der Waals surface area contributed by atoms with Crippen LogP contribution in [0.5, 0.6) is 0 Å². The molecule has 0 aliphatic heterocycles. The van der Waals surface area contributed by atoms with Gasteiger partial charge in [0.25, 0.3) is 0 Å². The van der Waals surface area contributed by atoms with Crippen molar-refractivity contribution in [3.05, 3.63) is 36.0 Å². The molecule has 14 nitrogen and oxygen atoms in total. The van der Waals surface area contributed by atoms with E-state index in [4.69, 9.17) is 22.9 Å². The predicted octanol–water partition coefficient (Wildman–Crippen LogP) is -0.488. The third-order valence-corrected chi connectivity index (χ3v) is 7.48. The van der Waals surface area contributed by atoms with Crippen LogP contribution in [0.1, 0.15) is 44.1 Å². The summed E-state index contributed by atoms with van der Waals surface area (Å²) in [6, 6.07) is 3.51. The van der Waals surface area contributed by atoms with Crippen LogP contribution in [-0.2, 0) is 25.6 Å². The smallest absolute Gasteiger partial charge is 0.326 e. The molecule has 0 saturated carbocycles. The van der Waals surface area contributed by atoms with E-state index in [0.717, 1.165) is 16.5 Å². The number of hydrogen-bond acceptors (Lipinski definition) is 8. The molecular weight excluding hydrogens is 574 g/mol. The molecule has 4 unspecified atom stereocenters. The Morgan fingerprint density at radius 3 is 2.21 bits per heavy atom. The number of nitrogens with one attached hydrogen (secondary N) is 4. The van der Waals surface area contributed by atoms with E-state index < -0.39 is 47.9 Å². The molecule has 2 rings (SSSR count). The van der Waals surface area contributed by atoms with Crippen molar-refractivity contribution in [2.75, 3.05) is 25.1 Å². The zero-order chi connectivity index (χ0) is 31.8. The van der Waals surface area contributed by atoms with Gasteiger partial charge in [-0.3, -0.25) is 19.4 Å². The number of thioether (sulfide) groups is 1. The Kier molecular flexibility index (Phi) is 15.4. The number of benzene rings is 1. The number of carboxylic acids is 1. The molecule has 0 saturated heterocycles. The maximum Gasteiger partial charge on any atom is 0.326 e. The van der Waals surface area contributed by atoms with E-state index in [1.165, 1.54) is 11.8 Å². The van der Waals surface area contributed by atoms with Crippen molar-refractivity contribution < 1.29 is 24.3 Å². The van der Waals surface area contributed by atoms with Gasteiger partial charge >= 0.3 is 5.97 Å². The summed E-state index contributed by atoms with van der Waals surface area (Å²) in [5.41, 5.74) is 24.3. The molecule has 1 aromatic heterocycles. The highest BCUT2D eigenvalue weighted by Gasteiger charge is 2.30. The summed E-state index contributed by atoms with van der Waals surface area (Å²) in [6.07, 6.45) is 6.02. The van der Waals surface area contributed by atoms with Crippen LogP contribution in [0.25, 0.3) is 10.9 Å². The highest BCUT2D eigenvalue weighted by molar-refractivity contribution is 7.98. The van der Waals surface area contributed by atoms with Gasteiger partial charge in [-0.25, -0.2) is 4.79 Å². The quantitative estimate of drug-likeness (QED) is 0.0522. The topological polar surface area (TPSA) is 257 Å². The van der Waals surface area contributed by atoms with Crippen molar-refractivity contribution in [2.24, 2.45) is 27.9 Å². The van der Waals surface area contributed by atoms with Crippen molar-refractivity contribution in [3.8, 4) is 0 Å². The van der Waals surface area contributed by atoms with E-state index in [-0.39, 0.29) is 38.2 Å². The van der Waals surface area contributed by atoms with E-state index in [1.54, 1.807) is 6.20 Å². The number of H-pyrrole nitrogens is 1. The second kappa shape index (κ2) is 18.7. The Bertz CT molecular complexity index is 1230. The maximum absolute atomic E-state index is 13.5. The summed E-state index contributed by atoms with van der Waals surface area (Å²) < 4.78 is 0. The summed E-state index contributed by atoms with van der Waals surface area (Å²) in [4.78, 5) is 58.5. The minimum absolute atomic E-state index is 0.0981. The summed E-state index contributed by atoms with van der Waals surface area (Å²) in [5.74, 6) is -2.50. The minimum atomic E-state index is -1.17. The second-order valence-electron chi connectivity index (χ2n) is 10.2. The Labute approximate surface area is 255 Å². The lowest BCUT2D eigenvalue weighted by molar-refractivity contribution is -0.142. The third kappa shape index (κ3) is 12.1. The number of amides is 3. The lowest BCUT2D eigenvalue weighted by Crippen LogP contribution is -2.57. The Balaban J connectivity index is 2.15. The number of aromatic nitrogens is 1. The molecule has 2 aromatic rings. The SMILES string of the molecule is CSCCC(NC(=O)C(CCCN=C(N)N)NC(=O)C(N)Cc1c[nH]c2ccccc12)C(=O)NC(CCCCN)C(=O)O. The highest BCUT2D eigenvalue weighted by Crippen LogP contribution is 2.19. The van der Waals surface area contributed by atoms with E-state index in [2.05, 4.69) is 25.9 Å². The highest BCUT2D eigenvalue weighted by atomic mass is 32.2. The standard InChI is InChI=1S/C28H45N9O5S/c1-43-14-11-22(26(40)37-23(27(41)42)9-4-5-12-29)36-25(39)21(10-6-13-33-28(31)32)35-24(38)19(30)15-17-16-34-20-8-3-2-7-18(17)20/h2-3,7-8,16,19,21-23,34H,4-6,9-15,29-30H2,1H3,(H,35,38)(H,36,39)(H,37,40)(H,41,42)(H4,31,32,33). The number of guanidine groups is 1. The van der Waals surface area contributed by atoms with Crippen molar-refractivity contribution >= 4 is 52.3 Å². The van der Waals surface area contributed by atoms with Crippen LogP contribution in [0, 0.1) is 0 Å². The lowest BCUT2D eigenvalue weighted by atomic mass is 10.0. The number of rotatable bonds is 20. The molecule has 238 valence electrons. The number of hydrogen-bond donors (Lipinski definition) is 9. The molecule has 0 radical (unpaired) electrons. The second-order valence-corrected chi connectivity index (χ2v) is 11.2. The zero-order valence-corrected chi connectivity index (χ0v) is 25.3. The number of nitrogens with two attached hydrogens (primary N) is 4. The van der Waals surface area contributed by atoms with Gasteiger partial charge in [0.1, 0.15) is 18.1 Å². The number of unbranched alkanes of at least 4 members (excludes halogenated alkanes) is 1. The summed E-state index contributed by atoms with van der Waals surface area (Å²) >= 11 is 1.47. The molecule has 0 fully saturated rings. The van der Waals surface area contributed by atoms with Crippen LogP contribution in [0.2, 0.25) is 0 Å². The third-order valence-electron chi connectivity index (χ3n) is 6.83. The Morgan fingerprint density at radius 2 is 1.56 bits per heavy atom. The zero-order valence-electron chi connectivity index (χ0n) is 24.5. The van der Waals surface area contributed by atoms with Gasteiger partial charge in [-0.1, -0.05) is 18.2 Å². The molecular formula is C28H45N9O5S. The monoisotopic (exact) mass is 619 g/mol. The first-order chi connectivity index (χ1) is 20.6. The summed E-state index contributed by atoms with van der Waals surface area (Å²) in [5, 5.41) is 18.5. The van der Waals surface area contributed by atoms with Crippen LogP contribution in [0.3, 0.4) is 0 Å². The van der Waals surface area contributed by atoms with Gasteiger partial charge in [0.2, 0.25) is 17.7 Å². The first kappa shape index (κ1) is 35.4. The van der Waals surface area contributed by atoms with E-state index >= 15 is 0 Å². The van der Waals surface area contributed by atoms with Crippen molar-refractivity contribution in [3.63, 3.8) is 0 Å². The molecule has 13 N–H and O–H groups in total. The van der Waals surface area contributed by atoms with Gasteiger partial charge in [0.05, 0.1) is 6.04 Å². The molecule has 0 spiro atoms.